The number of carbonyl (C=O) groups excluding carboxylic acids is 1. The van der Waals surface area contributed by atoms with Crippen LogP contribution in [-0.4, -0.2) is 58.0 Å². The van der Waals surface area contributed by atoms with Crippen molar-refractivity contribution in [1.29, 1.82) is 0 Å². The summed E-state index contributed by atoms with van der Waals surface area (Å²) >= 11 is 6.45. The van der Waals surface area contributed by atoms with Crippen LogP contribution in [0.5, 0.6) is 0 Å². The highest BCUT2D eigenvalue weighted by Crippen LogP contribution is 2.35. The number of sulfonamides is 1. The number of ether oxygens (including phenoxy) is 1. The molecule has 0 saturated carbocycles. The third-order valence-corrected chi connectivity index (χ3v) is 7.96. The van der Waals surface area contributed by atoms with E-state index in [2.05, 4.69) is 10.2 Å². The van der Waals surface area contributed by atoms with E-state index in [1.165, 1.54) is 16.4 Å². The molecule has 0 radical (unpaired) electrons. The number of halogens is 2. The smallest absolute Gasteiger partial charge is 0.243 e. The number of hydrogen-bond acceptors (Lipinski definition) is 5. The van der Waals surface area contributed by atoms with Crippen LogP contribution in [0.25, 0.3) is 0 Å². The van der Waals surface area contributed by atoms with E-state index in [1.54, 1.807) is 18.2 Å². The first-order chi connectivity index (χ1) is 15.4. The molecule has 7 nitrogen and oxygen atoms in total. The number of piperidine rings is 1. The van der Waals surface area contributed by atoms with Crippen molar-refractivity contribution >= 4 is 38.9 Å². The Balaban J connectivity index is 1.50. The fraction of sp³-hybridized carbons (Fsp3) is 0.409. The van der Waals surface area contributed by atoms with Crippen molar-refractivity contribution in [2.45, 2.75) is 17.7 Å². The number of carbonyl (C=O) groups is 1. The van der Waals surface area contributed by atoms with Crippen LogP contribution in [-0.2, 0) is 19.6 Å². The minimum absolute atomic E-state index is 0.0180. The summed E-state index contributed by atoms with van der Waals surface area (Å²) in [5.74, 6) is -1.26. The Morgan fingerprint density at radius 2 is 1.81 bits per heavy atom. The highest BCUT2D eigenvalue weighted by Gasteiger charge is 2.34. The standard InChI is InChI=1S/C22H25ClFN3O4S/c23-19-4-1-5-20(21(19)26-11-13-31-14-12-26)25-22(28)16-3-2-10-27(15-16)32(29,30)18-8-6-17(24)7-9-18/h1,4-9,16H,2-3,10-15H2,(H,25,28). The molecular weight excluding hydrogens is 457 g/mol. The predicted octanol–water partition coefficient (Wildman–Crippen LogP) is 3.36. The molecule has 2 aromatic carbocycles. The highest BCUT2D eigenvalue weighted by molar-refractivity contribution is 7.89. The molecule has 1 atom stereocenters. The number of amides is 1. The molecule has 2 fully saturated rings. The van der Waals surface area contributed by atoms with E-state index < -0.39 is 21.8 Å². The van der Waals surface area contributed by atoms with Gasteiger partial charge < -0.3 is 15.0 Å². The lowest BCUT2D eigenvalue weighted by Gasteiger charge is -2.33. The van der Waals surface area contributed by atoms with Gasteiger partial charge in [-0.25, -0.2) is 12.8 Å². The molecule has 1 amide bonds. The summed E-state index contributed by atoms with van der Waals surface area (Å²) in [6.07, 6.45) is 1.14. The average molecular weight is 482 g/mol. The zero-order valence-electron chi connectivity index (χ0n) is 17.5. The Hall–Kier alpha value is -2.20. The average Bonchev–Trinajstić information content (AvgIpc) is 2.80. The third kappa shape index (κ3) is 4.91. The Bertz CT molecular complexity index is 1080. The van der Waals surface area contributed by atoms with Gasteiger partial charge in [-0.2, -0.15) is 4.31 Å². The summed E-state index contributed by atoms with van der Waals surface area (Å²) in [7, 11) is -3.81. The van der Waals surface area contributed by atoms with Crippen LogP contribution < -0.4 is 10.2 Å². The molecule has 10 heteroatoms. The zero-order chi connectivity index (χ0) is 22.7. The summed E-state index contributed by atoms with van der Waals surface area (Å²) in [4.78, 5) is 15.2. The van der Waals surface area contributed by atoms with E-state index in [0.717, 1.165) is 17.8 Å². The van der Waals surface area contributed by atoms with Crippen molar-refractivity contribution in [2.75, 3.05) is 49.6 Å². The largest absolute Gasteiger partial charge is 0.378 e. The quantitative estimate of drug-likeness (QED) is 0.708. The maximum Gasteiger partial charge on any atom is 0.243 e. The molecule has 0 aliphatic carbocycles. The normalized spacial score (nSPS) is 20.2. The number of nitrogens with zero attached hydrogens (tertiary/aromatic N) is 2. The minimum Gasteiger partial charge on any atom is -0.378 e. The van der Waals surface area contributed by atoms with Crippen LogP contribution in [0.15, 0.2) is 47.4 Å². The fourth-order valence-electron chi connectivity index (χ4n) is 4.09. The topological polar surface area (TPSA) is 79.0 Å². The number of hydrogen-bond donors (Lipinski definition) is 1. The van der Waals surface area contributed by atoms with Gasteiger partial charge in [-0.15, -0.1) is 0 Å². The number of rotatable bonds is 5. The summed E-state index contributed by atoms with van der Waals surface area (Å²) in [5, 5.41) is 3.50. The fourth-order valence-corrected chi connectivity index (χ4v) is 5.91. The van der Waals surface area contributed by atoms with Gasteiger partial charge in [0.15, 0.2) is 0 Å². The number of anilines is 2. The van der Waals surface area contributed by atoms with E-state index in [1.807, 2.05) is 0 Å². The molecule has 4 rings (SSSR count). The summed E-state index contributed by atoms with van der Waals surface area (Å²) in [5.41, 5.74) is 1.35. The number of nitrogens with one attached hydrogen (secondary N) is 1. The molecule has 172 valence electrons. The molecule has 2 saturated heterocycles. The van der Waals surface area contributed by atoms with Crippen molar-refractivity contribution in [2.24, 2.45) is 5.92 Å². The van der Waals surface area contributed by atoms with Gasteiger partial charge in [0, 0.05) is 26.2 Å². The van der Waals surface area contributed by atoms with Gasteiger partial charge in [0.2, 0.25) is 15.9 Å². The maximum absolute atomic E-state index is 13.2. The van der Waals surface area contributed by atoms with E-state index in [4.69, 9.17) is 16.3 Å². The van der Waals surface area contributed by atoms with Gasteiger partial charge >= 0.3 is 0 Å². The Morgan fingerprint density at radius 3 is 2.53 bits per heavy atom. The monoisotopic (exact) mass is 481 g/mol. The van der Waals surface area contributed by atoms with E-state index in [9.17, 15) is 17.6 Å². The van der Waals surface area contributed by atoms with Gasteiger partial charge in [0.1, 0.15) is 5.82 Å². The first-order valence-electron chi connectivity index (χ1n) is 10.5. The lowest BCUT2D eigenvalue weighted by Crippen LogP contribution is -2.44. The highest BCUT2D eigenvalue weighted by atomic mass is 35.5. The number of morpholine rings is 1. The van der Waals surface area contributed by atoms with Crippen LogP contribution in [0.2, 0.25) is 5.02 Å². The SMILES string of the molecule is O=C(Nc1cccc(Cl)c1N1CCOCC1)C1CCCN(S(=O)(=O)c2ccc(F)cc2)C1. The predicted molar refractivity (Wildman–Crippen MR) is 121 cm³/mol. The Labute approximate surface area is 192 Å². The molecule has 2 aliphatic rings. The molecule has 2 heterocycles. The van der Waals surface area contributed by atoms with Crippen molar-refractivity contribution in [3.8, 4) is 0 Å². The van der Waals surface area contributed by atoms with Crippen LogP contribution in [0.4, 0.5) is 15.8 Å². The molecule has 0 bridgehead atoms. The zero-order valence-corrected chi connectivity index (χ0v) is 19.0. The van der Waals surface area contributed by atoms with Gasteiger partial charge in [-0.3, -0.25) is 4.79 Å². The van der Waals surface area contributed by atoms with Gasteiger partial charge in [-0.05, 0) is 49.2 Å². The molecule has 0 spiro atoms. The van der Waals surface area contributed by atoms with Gasteiger partial charge in [0.05, 0.1) is 40.4 Å². The maximum atomic E-state index is 13.2. The van der Waals surface area contributed by atoms with Crippen molar-refractivity contribution < 1.29 is 22.3 Å². The summed E-state index contributed by atoms with van der Waals surface area (Å²) in [6.45, 7) is 2.88. The molecule has 32 heavy (non-hydrogen) atoms. The van der Waals surface area contributed by atoms with Crippen LogP contribution in [0.3, 0.4) is 0 Å². The van der Waals surface area contributed by atoms with Gasteiger partial charge in [0.25, 0.3) is 0 Å². The lowest BCUT2D eigenvalue weighted by atomic mass is 9.98. The second kappa shape index (κ2) is 9.74. The van der Waals surface area contributed by atoms with Crippen molar-refractivity contribution in [3.63, 3.8) is 0 Å². The molecule has 1 unspecified atom stereocenters. The van der Waals surface area contributed by atoms with Gasteiger partial charge in [-0.1, -0.05) is 17.7 Å². The molecular formula is C22H25ClFN3O4S. The molecule has 2 aliphatic heterocycles. The third-order valence-electron chi connectivity index (χ3n) is 5.78. The van der Waals surface area contributed by atoms with Crippen molar-refractivity contribution in [3.05, 3.63) is 53.3 Å². The second-order valence-electron chi connectivity index (χ2n) is 7.88. The Kier molecular flexibility index (Phi) is 6.99. The van der Waals surface area contributed by atoms with E-state index in [-0.39, 0.29) is 17.3 Å². The summed E-state index contributed by atoms with van der Waals surface area (Å²) in [6, 6.07) is 10.1. The van der Waals surface area contributed by atoms with Crippen molar-refractivity contribution in [1.82, 2.24) is 4.31 Å². The Morgan fingerprint density at radius 1 is 1.09 bits per heavy atom. The number of para-hydroxylation sites is 1. The lowest BCUT2D eigenvalue weighted by molar-refractivity contribution is -0.120. The molecule has 1 N–H and O–H groups in total. The summed E-state index contributed by atoms with van der Waals surface area (Å²) < 4.78 is 45.8. The first-order valence-corrected chi connectivity index (χ1v) is 12.4. The second-order valence-corrected chi connectivity index (χ2v) is 10.2. The molecule has 2 aromatic rings. The van der Waals surface area contributed by atoms with Crippen LogP contribution >= 0.6 is 11.6 Å². The van der Waals surface area contributed by atoms with E-state index in [0.29, 0.717) is 56.4 Å². The first kappa shape index (κ1) is 23.0. The van der Waals surface area contributed by atoms with Crippen LogP contribution in [0, 0.1) is 11.7 Å². The minimum atomic E-state index is -3.81. The van der Waals surface area contributed by atoms with E-state index >= 15 is 0 Å². The number of benzene rings is 2. The van der Waals surface area contributed by atoms with Crippen LogP contribution in [0.1, 0.15) is 12.8 Å². The molecule has 0 aromatic heterocycles.